The second kappa shape index (κ2) is 8.92. The lowest BCUT2D eigenvalue weighted by molar-refractivity contribution is -0.130. The van der Waals surface area contributed by atoms with Crippen LogP contribution >= 0.6 is 0 Å². The third-order valence-corrected chi connectivity index (χ3v) is 6.51. The number of aliphatic hydroxyl groups excluding tert-OH is 1. The number of aromatic nitrogens is 1. The molecule has 8 heteroatoms. The monoisotopic (exact) mass is 383 g/mol. The second-order valence-corrected chi connectivity index (χ2v) is 8.96. The van der Waals surface area contributed by atoms with Gasteiger partial charge < -0.3 is 10.4 Å². The van der Waals surface area contributed by atoms with Crippen molar-refractivity contribution >= 4 is 15.9 Å². The molecule has 2 heterocycles. The Morgan fingerprint density at radius 3 is 2.85 bits per heavy atom. The molecule has 1 amide bonds. The Morgan fingerprint density at radius 2 is 2.19 bits per heavy atom. The molecule has 0 radical (unpaired) electrons. The van der Waals surface area contributed by atoms with Crippen molar-refractivity contribution in [3.05, 3.63) is 23.9 Å². The number of β-amino-alcohol motifs (C(OH)–C–C–N with tert-alkyl or cyclic N) is 1. The summed E-state index contributed by atoms with van der Waals surface area (Å²) in [5.41, 5.74) is 0.482. The van der Waals surface area contributed by atoms with Crippen LogP contribution in [0.25, 0.3) is 0 Å². The summed E-state index contributed by atoms with van der Waals surface area (Å²) in [4.78, 5) is 16.9. The maximum absolute atomic E-state index is 13.3. The first-order valence-corrected chi connectivity index (χ1v) is 10.6. The number of carbonyl (C=O) groups is 1. The van der Waals surface area contributed by atoms with E-state index in [0.717, 1.165) is 4.31 Å². The molecule has 1 aromatic heterocycles. The number of sulfonamides is 1. The van der Waals surface area contributed by atoms with E-state index in [4.69, 9.17) is 0 Å². The number of hydrogen-bond donors (Lipinski definition) is 2. The van der Waals surface area contributed by atoms with Gasteiger partial charge in [0.1, 0.15) is 0 Å². The van der Waals surface area contributed by atoms with Crippen molar-refractivity contribution in [2.45, 2.75) is 63.6 Å². The van der Waals surface area contributed by atoms with E-state index < -0.39 is 28.1 Å². The predicted octanol–water partition coefficient (Wildman–Crippen LogP) is 1.46. The lowest BCUT2D eigenvalue weighted by atomic mass is 10.0. The van der Waals surface area contributed by atoms with Gasteiger partial charge in [0.2, 0.25) is 5.91 Å². The number of pyridine rings is 1. The first-order valence-electron chi connectivity index (χ1n) is 9.12. The zero-order valence-corrected chi connectivity index (χ0v) is 16.5. The first-order chi connectivity index (χ1) is 12.2. The van der Waals surface area contributed by atoms with Gasteiger partial charge in [-0.25, -0.2) is 9.29 Å². The zero-order chi connectivity index (χ0) is 19.3. The number of aliphatic hydroxyl groups is 1. The van der Waals surface area contributed by atoms with Crippen LogP contribution in [0.2, 0.25) is 0 Å². The van der Waals surface area contributed by atoms with Crippen LogP contribution in [0, 0.1) is 12.8 Å². The molecule has 1 aromatic rings. The Morgan fingerprint density at radius 1 is 1.46 bits per heavy atom. The second-order valence-electron chi connectivity index (χ2n) is 7.23. The molecule has 1 unspecified atom stereocenters. The molecule has 7 nitrogen and oxygen atoms in total. The molecule has 1 aliphatic heterocycles. The molecular weight excluding hydrogens is 354 g/mol. The molecule has 1 fully saturated rings. The van der Waals surface area contributed by atoms with Gasteiger partial charge in [-0.2, -0.15) is 8.42 Å². The molecule has 0 bridgehead atoms. The van der Waals surface area contributed by atoms with Crippen molar-refractivity contribution in [1.82, 2.24) is 14.6 Å². The molecule has 0 saturated carbocycles. The van der Waals surface area contributed by atoms with Crippen molar-refractivity contribution < 1.29 is 18.3 Å². The molecule has 2 N–H and O–H groups in total. The van der Waals surface area contributed by atoms with Crippen molar-refractivity contribution in [3.63, 3.8) is 0 Å². The smallest absolute Gasteiger partial charge is 0.284 e. The van der Waals surface area contributed by atoms with E-state index in [-0.39, 0.29) is 23.9 Å². The van der Waals surface area contributed by atoms with E-state index in [9.17, 15) is 18.3 Å². The van der Waals surface area contributed by atoms with Gasteiger partial charge >= 0.3 is 0 Å². The van der Waals surface area contributed by atoms with Crippen LogP contribution in [0.3, 0.4) is 0 Å². The highest BCUT2D eigenvalue weighted by Gasteiger charge is 2.40. The van der Waals surface area contributed by atoms with Gasteiger partial charge in [-0.05, 0) is 50.3 Å². The van der Waals surface area contributed by atoms with Crippen LogP contribution in [0.15, 0.2) is 23.4 Å². The normalized spacial score (nSPS) is 21.4. The number of amides is 1. The summed E-state index contributed by atoms with van der Waals surface area (Å²) < 4.78 is 27.5. The summed E-state index contributed by atoms with van der Waals surface area (Å²) in [5.74, 6) is -0.199. The standard InChI is InChI=1S/C18H29N3O4S/c1-13(2)8-9-17(23)21(15-7-5-10-19-12-16(15)22)26(24,25)18-14(3)6-4-11-20-18/h4,6,11,13,15-16,19,22H,5,7-10,12H2,1-3H3/t15?,16-/m0/s1. The lowest BCUT2D eigenvalue weighted by Gasteiger charge is -2.33. The molecule has 1 aliphatic rings. The average molecular weight is 384 g/mol. The molecule has 0 aromatic carbocycles. The highest BCUT2D eigenvalue weighted by atomic mass is 32.2. The molecule has 0 spiro atoms. The number of rotatable bonds is 6. The Kier molecular flexibility index (Phi) is 7.14. The average Bonchev–Trinajstić information content (AvgIpc) is 2.78. The molecule has 0 aliphatic carbocycles. The van der Waals surface area contributed by atoms with Crippen LogP contribution in [0.5, 0.6) is 0 Å². The SMILES string of the molecule is Cc1cccnc1S(=O)(=O)N(C(=O)CCC(C)C)C1CCCNC[C@@H]1O. The minimum absolute atomic E-state index is 0.123. The third-order valence-electron chi connectivity index (χ3n) is 4.60. The highest BCUT2D eigenvalue weighted by Crippen LogP contribution is 2.26. The van der Waals surface area contributed by atoms with Gasteiger partial charge in [-0.15, -0.1) is 0 Å². The molecule has 1 saturated heterocycles. The number of hydrogen-bond acceptors (Lipinski definition) is 6. The summed E-state index contributed by atoms with van der Waals surface area (Å²) in [6.45, 7) is 6.57. The van der Waals surface area contributed by atoms with Crippen molar-refractivity contribution in [2.75, 3.05) is 13.1 Å². The number of carbonyl (C=O) groups excluding carboxylic acids is 1. The highest BCUT2D eigenvalue weighted by molar-refractivity contribution is 7.89. The maximum Gasteiger partial charge on any atom is 0.284 e. The van der Waals surface area contributed by atoms with E-state index in [1.807, 2.05) is 13.8 Å². The third kappa shape index (κ3) is 4.81. The van der Waals surface area contributed by atoms with E-state index in [2.05, 4.69) is 10.3 Å². The number of aryl methyl sites for hydroxylation is 1. The zero-order valence-electron chi connectivity index (χ0n) is 15.7. The minimum Gasteiger partial charge on any atom is -0.390 e. The minimum atomic E-state index is -4.14. The van der Waals surface area contributed by atoms with Crippen molar-refractivity contribution in [1.29, 1.82) is 0 Å². The molecular formula is C18H29N3O4S. The predicted molar refractivity (Wildman–Crippen MR) is 99.0 cm³/mol. The molecule has 2 rings (SSSR count). The first kappa shape index (κ1) is 20.8. The maximum atomic E-state index is 13.3. The van der Waals surface area contributed by atoms with Gasteiger partial charge in [0.05, 0.1) is 12.1 Å². The summed E-state index contributed by atoms with van der Waals surface area (Å²) in [5, 5.41) is 13.4. The molecule has 2 atom stereocenters. The van der Waals surface area contributed by atoms with Crippen molar-refractivity contribution in [2.24, 2.45) is 5.92 Å². The fourth-order valence-corrected chi connectivity index (χ4v) is 4.96. The van der Waals surface area contributed by atoms with E-state index in [0.29, 0.717) is 31.4 Å². The molecule has 146 valence electrons. The summed E-state index contributed by atoms with van der Waals surface area (Å²) in [6.07, 6.45) is 2.28. The van der Waals surface area contributed by atoms with Crippen LogP contribution in [0.1, 0.15) is 45.1 Å². The molecule has 26 heavy (non-hydrogen) atoms. The van der Waals surface area contributed by atoms with E-state index in [1.54, 1.807) is 19.1 Å². The van der Waals surface area contributed by atoms with Gasteiger partial charge in [-0.3, -0.25) is 4.79 Å². The number of nitrogens with zero attached hydrogens (tertiary/aromatic N) is 2. The van der Waals surface area contributed by atoms with Gasteiger partial charge in [0, 0.05) is 19.2 Å². The largest absolute Gasteiger partial charge is 0.390 e. The van der Waals surface area contributed by atoms with Gasteiger partial charge in [0.25, 0.3) is 10.0 Å². The summed E-state index contributed by atoms with van der Waals surface area (Å²) in [6, 6.07) is 2.53. The Labute approximate surface area is 155 Å². The fraction of sp³-hybridized carbons (Fsp3) is 0.667. The quantitative estimate of drug-likeness (QED) is 0.771. The van der Waals surface area contributed by atoms with Crippen molar-refractivity contribution in [3.8, 4) is 0 Å². The Bertz CT molecular complexity index is 721. The van der Waals surface area contributed by atoms with Gasteiger partial charge in [-0.1, -0.05) is 19.9 Å². The van der Waals surface area contributed by atoms with E-state index in [1.165, 1.54) is 6.20 Å². The fourth-order valence-electron chi connectivity index (χ4n) is 3.14. The van der Waals surface area contributed by atoms with Crippen LogP contribution in [-0.2, 0) is 14.8 Å². The summed E-state index contributed by atoms with van der Waals surface area (Å²) >= 11 is 0. The van der Waals surface area contributed by atoms with Gasteiger partial charge in [0.15, 0.2) is 5.03 Å². The van der Waals surface area contributed by atoms with Crippen LogP contribution < -0.4 is 5.32 Å². The topological polar surface area (TPSA) is 99.6 Å². The lowest BCUT2D eigenvalue weighted by Crippen LogP contribution is -2.51. The van der Waals surface area contributed by atoms with Crippen LogP contribution in [0.4, 0.5) is 0 Å². The Hall–Kier alpha value is -1.51. The Balaban J connectivity index is 2.45. The van der Waals surface area contributed by atoms with Crippen LogP contribution in [-0.4, -0.2) is 54.0 Å². The van der Waals surface area contributed by atoms with E-state index >= 15 is 0 Å². The summed E-state index contributed by atoms with van der Waals surface area (Å²) in [7, 11) is -4.14. The number of nitrogens with one attached hydrogen (secondary N) is 1.